The Labute approximate surface area is 57.2 Å². The monoisotopic (exact) mass is 131 g/mol. The fourth-order valence-electron chi connectivity index (χ4n) is 0.0866. The van der Waals surface area contributed by atoms with E-state index in [9.17, 15) is 0 Å². The van der Waals surface area contributed by atoms with Crippen LogP contribution in [0.5, 0.6) is 0 Å². The van der Waals surface area contributed by atoms with Gasteiger partial charge in [0.25, 0.3) is 0 Å². The van der Waals surface area contributed by atoms with Gasteiger partial charge in [0.15, 0.2) is 0 Å². The fraction of sp³-hybridized carbons (Fsp3) is 0. The van der Waals surface area contributed by atoms with Crippen LogP contribution in [-0.2, 0) is 0 Å². The predicted octanol–water partition coefficient (Wildman–Crippen LogP) is -0.234. The van der Waals surface area contributed by atoms with Crippen LogP contribution in [0, 0.1) is 42.4 Å². The second-order valence-electron chi connectivity index (χ2n) is 0.820. The van der Waals surface area contributed by atoms with Crippen molar-refractivity contribution >= 4 is 14.1 Å². The molecule has 0 N–H and O–H groups in total. The van der Waals surface area contributed by atoms with Gasteiger partial charge in [0, 0.05) is 0 Å². The van der Waals surface area contributed by atoms with Crippen LogP contribution in [0.15, 0.2) is 0 Å². The van der Waals surface area contributed by atoms with Gasteiger partial charge in [-0.25, -0.2) is 15.8 Å². The van der Waals surface area contributed by atoms with Gasteiger partial charge in [-0.15, -0.1) is 0 Å². The molecule has 0 bridgehead atoms. The van der Waals surface area contributed by atoms with E-state index in [1.54, 1.807) is 14.8 Å². The highest BCUT2D eigenvalue weighted by Crippen LogP contribution is 1.67. The SMILES string of the molecule is N#[C][Al]([C]#N)[C]#N.[C-]#N. The van der Waals surface area contributed by atoms with Gasteiger partial charge in [-0.3, -0.25) is 0 Å². The van der Waals surface area contributed by atoms with Crippen molar-refractivity contribution in [3.63, 3.8) is 0 Å². The molecule has 0 radical (unpaired) electrons. The summed E-state index contributed by atoms with van der Waals surface area (Å²) in [5, 5.41) is 29.9. The van der Waals surface area contributed by atoms with E-state index in [2.05, 4.69) is 0 Å². The molecule has 0 aliphatic rings. The minimum Gasteiger partial charge on any atom is -0.512 e. The lowest BCUT2D eigenvalue weighted by molar-refractivity contribution is 1.52. The molecule has 9 heavy (non-hydrogen) atoms. The highest BCUT2D eigenvalue weighted by Gasteiger charge is 2.17. The second kappa shape index (κ2) is 9.70. The van der Waals surface area contributed by atoms with E-state index < -0.39 is 14.1 Å². The van der Waals surface area contributed by atoms with E-state index in [0.29, 0.717) is 0 Å². The molecule has 4 nitrogen and oxygen atoms in total. The first-order valence-corrected chi connectivity index (χ1v) is 3.49. The molecule has 0 heterocycles. The van der Waals surface area contributed by atoms with Gasteiger partial charge >= 0.3 is 14.1 Å². The molecule has 0 aliphatic heterocycles. The zero-order valence-electron chi connectivity index (χ0n) is 4.37. The average Bonchev–Trinajstić information content (AvgIpc) is 1.96. The largest absolute Gasteiger partial charge is 0.692 e. The van der Waals surface area contributed by atoms with E-state index in [1.807, 2.05) is 0 Å². The summed E-state index contributed by atoms with van der Waals surface area (Å²) in [6, 6.07) is 0. The summed E-state index contributed by atoms with van der Waals surface area (Å²) in [5.41, 5.74) is 0. The summed E-state index contributed by atoms with van der Waals surface area (Å²) in [6.45, 7) is 4.75. The summed E-state index contributed by atoms with van der Waals surface area (Å²) < 4.78 is 0. The molecule has 5 heteroatoms. The lowest BCUT2D eigenvalue weighted by Crippen LogP contribution is -2.01. The standard InChI is InChI=1S/4CN.Al/c4*1-2;/q;;;-1;. The van der Waals surface area contributed by atoms with Crippen LogP contribution in [0.25, 0.3) is 0 Å². The summed E-state index contributed by atoms with van der Waals surface area (Å²) >= 11 is -2.25. The van der Waals surface area contributed by atoms with Crippen LogP contribution in [0.4, 0.5) is 0 Å². The van der Waals surface area contributed by atoms with Gasteiger partial charge in [0.05, 0.1) is 0 Å². The Morgan fingerprint density at radius 1 is 0.889 bits per heavy atom. The normalized spacial score (nSPS) is 3.89. The molecule has 0 amide bonds. The molecular weight excluding hydrogens is 131 g/mol. The van der Waals surface area contributed by atoms with E-state index >= 15 is 0 Å². The van der Waals surface area contributed by atoms with Crippen LogP contribution in [0.3, 0.4) is 0 Å². The molecule has 0 saturated carbocycles. The molecule has 40 valence electrons. The van der Waals surface area contributed by atoms with Gasteiger partial charge in [0.2, 0.25) is 0 Å². The number of hydrogen-bond donors (Lipinski definition) is 0. The fourth-order valence-corrected chi connectivity index (χ4v) is 0.260. The van der Waals surface area contributed by atoms with Crippen LogP contribution in [0.2, 0.25) is 0 Å². The maximum atomic E-state index is 7.89. The lowest BCUT2D eigenvalue weighted by Gasteiger charge is -1.58. The first-order valence-electron chi connectivity index (χ1n) is 1.76. The Hall–Kier alpha value is -1.51. The summed E-state index contributed by atoms with van der Waals surface area (Å²) in [4.78, 5) is 4.85. The van der Waals surface area contributed by atoms with Crippen LogP contribution < -0.4 is 0 Å². The highest BCUT2D eigenvalue weighted by molar-refractivity contribution is 6.81. The summed E-state index contributed by atoms with van der Waals surface area (Å²) in [6.07, 6.45) is 0. The second-order valence-corrected chi connectivity index (χ2v) is 2.46. The first-order chi connectivity index (χ1) is 4.35. The molecule has 0 fully saturated rings. The van der Waals surface area contributed by atoms with Crippen molar-refractivity contribution in [2.75, 3.05) is 0 Å². The van der Waals surface area contributed by atoms with Gasteiger partial charge in [0.1, 0.15) is 0 Å². The third kappa shape index (κ3) is 6.49. The van der Waals surface area contributed by atoms with Crippen molar-refractivity contribution in [1.29, 1.82) is 21.0 Å². The van der Waals surface area contributed by atoms with Gasteiger partial charge in [-0.1, -0.05) is 0 Å². The Kier molecular flexibility index (Phi) is 11.3. The number of hydrogen-bond acceptors (Lipinski definition) is 4. The average molecular weight is 131 g/mol. The lowest BCUT2D eigenvalue weighted by atomic mass is 11.7. The quantitative estimate of drug-likeness (QED) is 0.335. The molecule has 0 spiro atoms. The molecule has 0 unspecified atom stereocenters. The highest BCUT2D eigenvalue weighted by atomic mass is 27.2. The first kappa shape index (κ1) is 10.5. The third-order valence-electron chi connectivity index (χ3n) is 0.387. The molecule has 0 aliphatic carbocycles. The molecule has 0 aromatic carbocycles. The Balaban J connectivity index is 0. The third-order valence-corrected chi connectivity index (χ3v) is 1.16. The van der Waals surface area contributed by atoms with Crippen LogP contribution >= 0.6 is 0 Å². The molecule has 0 rings (SSSR count). The van der Waals surface area contributed by atoms with E-state index in [4.69, 9.17) is 27.6 Å². The topological polar surface area (TPSA) is 95.2 Å². The van der Waals surface area contributed by atoms with Crippen molar-refractivity contribution in [3.8, 4) is 14.8 Å². The van der Waals surface area contributed by atoms with Crippen molar-refractivity contribution in [1.82, 2.24) is 0 Å². The molecular formula is C4AlN4-. The van der Waals surface area contributed by atoms with Gasteiger partial charge in [-0.2, -0.15) is 0 Å². The summed E-state index contributed by atoms with van der Waals surface area (Å²) in [7, 11) is 0. The van der Waals surface area contributed by atoms with Crippen molar-refractivity contribution in [2.45, 2.75) is 0 Å². The maximum absolute atomic E-state index is 7.89. The van der Waals surface area contributed by atoms with Crippen LogP contribution in [0.1, 0.15) is 0 Å². The molecule has 0 saturated heterocycles. The molecule has 0 aromatic heterocycles. The van der Waals surface area contributed by atoms with Crippen molar-refractivity contribution in [3.05, 3.63) is 6.57 Å². The number of nitrogens with zero attached hydrogens (tertiary/aromatic N) is 4. The Morgan fingerprint density at radius 3 is 1.11 bits per heavy atom. The van der Waals surface area contributed by atoms with Gasteiger partial charge < -0.3 is 11.8 Å². The smallest absolute Gasteiger partial charge is 0.512 e. The Bertz CT molecular complexity index is 166. The number of rotatable bonds is 0. The van der Waals surface area contributed by atoms with Crippen LogP contribution in [-0.4, -0.2) is 14.1 Å². The zero-order chi connectivity index (χ0) is 7.70. The maximum Gasteiger partial charge on any atom is 0.692 e. The van der Waals surface area contributed by atoms with E-state index in [1.165, 1.54) is 0 Å². The zero-order valence-corrected chi connectivity index (χ0v) is 5.52. The minimum absolute atomic E-state index is 1.62. The predicted molar refractivity (Wildman–Crippen MR) is 27.6 cm³/mol. The van der Waals surface area contributed by atoms with Crippen molar-refractivity contribution < 1.29 is 0 Å². The summed E-state index contributed by atoms with van der Waals surface area (Å²) in [5.74, 6) is 0. The molecule has 0 atom stereocenters. The Morgan fingerprint density at radius 2 is 1.11 bits per heavy atom. The van der Waals surface area contributed by atoms with Gasteiger partial charge in [-0.05, 0) is 14.8 Å². The number of nitriles is 3. The van der Waals surface area contributed by atoms with E-state index in [-0.39, 0.29) is 0 Å². The van der Waals surface area contributed by atoms with Crippen molar-refractivity contribution in [2.24, 2.45) is 0 Å². The molecule has 0 aromatic rings. The minimum atomic E-state index is -2.25. The van der Waals surface area contributed by atoms with E-state index in [0.717, 1.165) is 0 Å².